The minimum absolute atomic E-state index is 0.205. The van der Waals surface area contributed by atoms with Gasteiger partial charge in [0.25, 0.3) is 5.91 Å². The van der Waals surface area contributed by atoms with Gasteiger partial charge in [0.15, 0.2) is 0 Å². The zero-order chi connectivity index (χ0) is 12.4. The molecule has 0 spiro atoms. The molecule has 1 unspecified atom stereocenters. The molecule has 0 aliphatic heterocycles. The number of anilines is 1. The number of carbonyl (C=O) groups excluding carboxylic acids is 1. The first-order valence-corrected chi connectivity index (χ1v) is 5.46. The van der Waals surface area contributed by atoms with Crippen molar-refractivity contribution in [1.82, 2.24) is 9.38 Å². The normalized spacial score (nSPS) is 12.6. The van der Waals surface area contributed by atoms with Gasteiger partial charge in [-0.3, -0.25) is 9.20 Å². The van der Waals surface area contributed by atoms with E-state index in [2.05, 4.69) is 10.3 Å². The number of hydrogen-bond acceptors (Lipinski definition) is 3. The Morgan fingerprint density at radius 2 is 2.35 bits per heavy atom. The molecule has 0 saturated heterocycles. The second kappa shape index (κ2) is 4.73. The highest BCUT2D eigenvalue weighted by Crippen LogP contribution is 2.16. The number of methoxy groups -OCH3 is 1. The highest BCUT2D eigenvalue weighted by molar-refractivity contribution is 6.29. The molecule has 0 aliphatic carbocycles. The van der Waals surface area contributed by atoms with Crippen molar-refractivity contribution < 1.29 is 9.53 Å². The number of nitrogens with one attached hydrogen (secondary N) is 1. The van der Waals surface area contributed by atoms with Gasteiger partial charge < -0.3 is 10.1 Å². The van der Waals surface area contributed by atoms with Crippen molar-refractivity contribution in [2.75, 3.05) is 12.4 Å². The Kier molecular flexibility index (Phi) is 3.31. The first kappa shape index (κ1) is 11.9. The van der Waals surface area contributed by atoms with Gasteiger partial charge in [-0.1, -0.05) is 11.6 Å². The van der Waals surface area contributed by atoms with Crippen LogP contribution in [0.3, 0.4) is 0 Å². The minimum Gasteiger partial charge on any atom is -0.372 e. The van der Waals surface area contributed by atoms with Crippen LogP contribution in [0.1, 0.15) is 6.92 Å². The number of pyridine rings is 1. The summed E-state index contributed by atoms with van der Waals surface area (Å²) < 4.78 is 6.61. The van der Waals surface area contributed by atoms with Crippen LogP contribution in [0.25, 0.3) is 5.65 Å². The molecule has 1 amide bonds. The van der Waals surface area contributed by atoms with Gasteiger partial charge in [-0.15, -0.1) is 0 Å². The van der Waals surface area contributed by atoms with Crippen LogP contribution < -0.4 is 5.32 Å². The van der Waals surface area contributed by atoms with Gasteiger partial charge in [0.05, 0.1) is 11.9 Å². The van der Waals surface area contributed by atoms with Crippen molar-refractivity contribution in [3.8, 4) is 0 Å². The van der Waals surface area contributed by atoms with Crippen molar-refractivity contribution in [2.24, 2.45) is 0 Å². The average Bonchev–Trinajstić information content (AvgIpc) is 2.70. The van der Waals surface area contributed by atoms with E-state index in [0.29, 0.717) is 10.8 Å². The van der Waals surface area contributed by atoms with Crippen LogP contribution in [-0.4, -0.2) is 28.5 Å². The Morgan fingerprint density at radius 3 is 3.06 bits per heavy atom. The number of carbonyl (C=O) groups is 1. The van der Waals surface area contributed by atoms with Crippen molar-refractivity contribution in [1.29, 1.82) is 0 Å². The van der Waals surface area contributed by atoms with E-state index in [0.717, 1.165) is 5.65 Å². The Balaban J connectivity index is 2.24. The lowest BCUT2D eigenvalue weighted by molar-refractivity contribution is -0.124. The van der Waals surface area contributed by atoms with Gasteiger partial charge in [-0.25, -0.2) is 4.98 Å². The van der Waals surface area contributed by atoms with Gasteiger partial charge in [0.2, 0.25) is 0 Å². The molecule has 6 heteroatoms. The number of rotatable bonds is 3. The van der Waals surface area contributed by atoms with Crippen molar-refractivity contribution in [3.63, 3.8) is 0 Å². The van der Waals surface area contributed by atoms with Crippen LogP contribution in [0.4, 0.5) is 5.69 Å². The van der Waals surface area contributed by atoms with E-state index in [1.165, 1.54) is 7.11 Å². The number of imidazole rings is 1. The third-order valence-corrected chi connectivity index (χ3v) is 2.73. The third-order valence-electron chi connectivity index (χ3n) is 2.45. The Bertz CT molecular complexity index is 553. The maximum atomic E-state index is 11.6. The molecule has 5 nitrogen and oxygen atoms in total. The fraction of sp³-hybridized carbons (Fsp3) is 0.273. The second-order valence-corrected chi connectivity index (χ2v) is 3.98. The molecule has 1 N–H and O–H groups in total. The molecule has 0 aromatic carbocycles. The Labute approximate surface area is 103 Å². The fourth-order valence-corrected chi connectivity index (χ4v) is 1.56. The monoisotopic (exact) mass is 253 g/mol. The van der Waals surface area contributed by atoms with Crippen LogP contribution in [0.5, 0.6) is 0 Å². The molecule has 0 bridgehead atoms. The number of halogens is 1. The molecular weight excluding hydrogens is 242 g/mol. The average molecular weight is 254 g/mol. The molecule has 1 atom stereocenters. The highest BCUT2D eigenvalue weighted by atomic mass is 35.5. The number of fused-ring (bicyclic) bond motifs is 1. The van der Waals surface area contributed by atoms with E-state index in [4.69, 9.17) is 16.3 Å². The molecule has 0 radical (unpaired) electrons. The van der Waals surface area contributed by atoms with E-state index in [1.807, 2.05) is 0 Å². The summed E-state index contributed by atoms with van der Waals surface area (Å²) in [6.07, 6.45) is 2.77. The summed E-state index contributed by atoms with van der Waals surface area (Å²) in [5, 5.41) is 3.23. The molecule has 0 fully saturated rings. The van der Waals surface area contributed by atoms with Crippen LogP contribution in [0, 0.1) is 0 Å². The number of aromatic nitrogens is 2. The van der Waals surface area contributed by atoms with Crippen LogP contribution in [0.2, 0.25) is 5.15 Å². The highest BCUT2D eigenvalue weighted by Gasteiger charge is 2.12. The third kappa shape index (κ3) is 2.40. The van der Waals surface area contributed by atoms with Crippen LogP contribution in [-0.2, 0) is 9.53 Å². The fourth-order valence-electron chi connectivity index (χ4n) is 1.38. The molecule has 2 aromatic rings. The summed E-state index contributed by atoms with van der Waals surface area (Å²) in [7, 11) is 1.49. The summed E-state index contributed by atoms with van der Waals surface area (Å²) in [6.45, 7) is 1.68. The summed E-state index contributed by atoms with van der Waals surface area (Å²) in [5.41, 5.74) is 1.37. The lowest BCUT2D eigenvalue weighted by Crippen LogP contribution is -2.26. The zero-order valence-electron chi connectivity index (χ0n) is 9.48. The molecule has 2 aromatic heterocycles. The summed E-state index contributed by atoms with van der Waals surface area (Å²) >= 11 is 5.93. The van der Waals surface area contributed by atoms with E-state index < -0.39 is 6.10 Å². The Morgan fingerprint density at radius 1 is 1.59 bits per heavy atom. The quantitative estimate of drug-likeness (QED) is 0.910. The maximum absolute atomic E-state index is 11.6. The zero-order valence-corrected chi connectivity index (χ0v) is 10.2. The number of amides is 1. The van der Waals surface area contributed by atoms with Gasteiger partial charge in [-0.05, 0) is 19.1 Å². The number of hydrogen-bond donors (Lipinski definition) is 1. The summed E-state index contributed by atoms with van der Waals surface area (Å²) in [6, 6.07) is 3.54. The first-order chi connectivity index (χ1) is 8.11. The van der Waals surface area contributed by atoms with Gasteiger partial charge in [0, 0.05) is 13.3 Å². The summed E-state index contributed by atoms with van der Waals surface area (Å²) in [4.78, 5) is 15.7. The smallest absolute Gasteiger partial charge is 0.253 e. The largest absolute Gasteiger partial charge is 0.372 e. The maximum Gasteiger partial charge on any atom is 0.253 e. The number of nitrogens with zero attached hydrogens (tertiary/aromatic N) is 2. The van der Waals surface area contributed by atoms with E-state index >= 15 is 0 Å². The van der Waals surface area contributed by atoms with E-state index in [-0.39, 0.29) is 5.91 Å². The van der Waals surface area contributed by atoms with Crippen molar-refractivity contribution >= 4 is 28.8 Å². The molecule has 0 aliphatic rings. The number of ether oxygens (including phenoxy) is 1. The molecule has 2 heterocycles. The van der Waals surface area contributed by atoms with Crippen molar-refractivity contribution in [3.05, 3.63) is 29.7 Å². The summed E-state index contributed by atoms with van der Waals surface area (Å²) in [5.74, 6) is -0.205. The molecule has 2 rings (SSSR count). The molecule has 0 saturated carbocycles. The van der Waals surface area contributed by atoms with Gasteiger partial charge in [0.1, 0.15) is 16.9 Å². The van der Waals surface area contributed by atoms with Crippen molar-refractivity contribution in [2.45, 2.75) is 13.0 Å². The predicted octanol–water partition coefficient (Wildman–Crippen LogP) is 1.96. The van der Waals surface area contributed by atoms with Crippen LogP contribution >= 0.6 is 11.6 Å². The molecular formula is C11H12ClN3O2. The SMILES string of the molecule is COC(C)C(=O)Nc1ccc2ncc(Cl)n2c1. The van der Waals surface area contributed by atoms with Crippen LogP contribution in [0.15, 0.2) is 24.5 Å². The first-order valence-electron chi connectivity index (χ1n) is 5.08. The predicted molar refractivity (Wildman–Crippen MR) is 65.3 cm³/mol. The lowest BCUT2D eigenvalue weighted by atomic mass is 10.3. The van der Waals surface area contributed by atoms with Gasteiger partial charge in [-0.2, -0.15) is 0 Å². The van der Waals surface area contributed by atoms with E-state index in [1.54, 1.807) is 35.9 Å². The van der Waals surface area contributed by atoms with E-state index in [9.17, 15) is 4.79 Å². The standard InChI is InChI=1S/C11H12ClN3O2/c1-7(17-2)11(16)14-8-3-4-10-13-5-9(12)15(10)6-8/h3-7H,1-2H3,(H,14,16). The molecule has 17 heavy (non-hydrogen) atoms. The second-order valence-electron chi connectivity index (χ2n) is 3.59. The van der Waals surface area contributed by atoms with Gasteiger partial charge >= 0.3 is 0 Å². The topological polar surface area (TPSA) is 55.6 Å². The Hall–Kier alpha value is -1.59. The minimum atomic E-state index is -0.496. The lowest BCUT2D eigenvalue weighted by Gasteiger charge is -2.10. The molecule has 90 valence electrons.